The lowest BCUT2D eigenvalue weighted by Gasteiger charge is -2.20. The van der Waals surface area contributed by atoms with E-state index in [0.29, 0.717) is 0 Å². The summed E-state index contributed by atoms with van der Waals surface area (Å²) >= 11 is 0. The van der Waals surface area contributed by atoms with Gasteiger partial charge in [0.2, 0.25) is 0 Å². The maximum atomic E-state index is 5.19. The number of fused-ring (bicyclic) bond motifs is 4. The van der Waals surface area contributed by atoms with Gasteiger partial charge in [-0.25, -0.2) is 9.97 Å². The van der Waals surface area contributed by atoms with E-state index in [1.807, 2.05) is 60.9 Å². The van der Waals surface area contributed by atoms with Gasteiger partial charge in [-0.05, 0) is 144 Å². The summed E-state index contributed by atoms with van der Waals surface area (Å²) in [5.74, 6) is 0. The molecule has 1 aliphatic carbocycles. The summed E-state index contributed by atoms with van der Waals surface area (Å²) in [7, 11) is 0. The van der Waals surface area contributed by atoms with Crippen LogP contribution in [0.3, 0.4) is 0 Å². The number of hydrogen-bond acceptors (Lipinski definition) is 4. The van der Waals surface area contributed by atoms with Gasteiger partial charge in [-0.1, -0.05) is 140 Å². The Morgan fingerprint density at radius 1 is 0.242 bits per heavy atom. The van der Waals surface area contributed by atoms with E-state index in [2.05, 4.69) is 168 Å². The smallest absolute Gasteiger partial charge is 0.0893 e. The first-order chi connectivity index (χ1) is 30.8. The van der Waals surface area contributed by atoms with Gasteiger partial charge in [0, 0.05) is 23.5 Å². The van der Waals surface area contributed by atoms with Crippen molar-refractivity contribution in [1.29, 1.82) is 0 Å². The van der Waals surface area contributed by atoms with Gasteiger partial charge in [-0.15, -0.1) is 0 Å². The molecular weight excluding hydrogens is 753 g/mol. The molecule has 62 heavy (non-hydrogen) atoms. The highest BCUT2D eigenvalue weighted by Crippen LogP contribution is 2.58. The van der Waals surface area contributed by atoms with Crippen LogP contribution in [0, 0.1) is 0 Å². The molecule has 288 valence electrons. The van der Waals surface area contributed by atoms with Crippen LogP contribution in [-0.4, -0.2) is 19.9 Å². The largest absolute Gasteiger partial charge is 0.255 e. The molecule has 0 radical (unpaired) electrons. The molecule has 12 rings (SSSR count). The van der Waals surface area contributed by atoms with Crippen LogP contribution in [0.4, 0.5) is 0 Å². The Hall–Kier alpha value is -8.34. The lowest BCUT2D eigenvalue weighted by Crippen LogP contribution is -1.94. The van der Waals surface area contributed by atoms with Gasteiger partial charge < -0.3 is 0 Å². The fraction of sp³-hybridized carbons (Fsp3) is 0. The van der Waals surface area contributed by atoms with Crippen molar-refractivity contribution in [3.8, 4) is 101 Å². The molecule has 0 N–H and O–H groups in total. The molecule has 0 aliphatic heterocycles. The van der Waals surface area contributed by atoms with Crippen molar-refractivity contribution in [1.82, 2.24) is 19.9 Å². The molecule has 11 aromatic rings. The molecule has 0 bridgehead atoms. The molecule has 0 fully saturated rings. The molecule has 7 aromatic carbocycles. The second-order valence-corrected chi connectivity index (χ2v) is 15.7. The van der Waals surface area contributed by atoms with Crippen molar-refractivity contribution in [2.45, 2.75) is 0 Å². The molecule has 4 heterocycles. The van der Waals surface area contributed by atoms with E-state index in [-0.39, 0.29) is 0 Å². The zero-order valence-electron chi connectivity index (χ0n) is 33.6. The van der Waals surface area contributed by atoms with Crippen molar-refractivity contribution in [3.63, 3.8) is 0 Å². The third-order valence-electron chi connectivity index (χ3n) is 12.1. The predicted molar refractivity (Wildman–Crippen MR) is 255 cm³/mol. The summed E-state index contributed by atoms with van der Waals surface area (Å²) < 4.78 is 0. The van der Waals surface area contributed by atoms with E-state index in [1.165, 1.54) is 66.1 Å². The Morgan fingerprint density at radius 2 is 0.661 bits per heavy atom. The van der Waals surface area contributed by atoms with Crippen LogP contribution in [0.15, 0.2) is 219 Å². The van der Waals surface area contributed by atoms with Crippen molar-refractivity contribution < 1.29 is 0 Å². The molecule has 1 aliphatic rings. The number of benzene rings is 7. The Kier molecular flexibility index (Phi) is 8.46. The van der Waals surface area contributed by atoms with Crippen LogP contribution < -0.4 is 0 Å². The molecular formula is C58H36N4. The van der Waals surface area contributed by atoms with Crippen molar-refractivity contribution in [3.05, 3.63) is 219 Å². The molecule has 0 spiro atoms. The fourth-order valence-electron chi connectivity index (χ4n) is 9.45. The number of aromatic nitrogens is 4. The monoisotopic (exact) mass is 788 g/mol. The Balaban J connectivity index is 1.12. The summed E-state index contributed by atoms with van der Waals surface area (Å²) in [6, 6.07) is 73.2. The Morgan fingerprint density at radius 3 is 1.19 bits per heavy atom. The fourth-order valence-corrected chi connectivity index (χ4v) is 9.45. The highest BCUT2D eigenvalue weighted by molar-refractivity contribution is 6.28. The topological polar surface area (TPSA) is 51.6 Å². The first-order valence-electron chi connectivity index (χ1n) is 21.0. The molecule has 0 saturated heterocycles. The zero-order chi connectivity index (χ0) is 41.0. The lowest BCUT2D eigenvalue weighted by atomic mass is 9.82. The number of nitrogens with zero attached hydrogens (tertiary/aromatic N) is 4. The predicted octanol–water partition coefficient (Wildman–Crippen LogP) is 14.9. The van der Waals surface area contributed by atoms with Gasteiger partial charge in [0.25, 0.3) is 0 Å². The lowest BCUT2D eigenvalue weighted by molar-refractivity contribution is 1.24. The normalized spacial score (nSPS) is 11.5. The van der Waals surface area contributed by atoms with E-state index in [0.717, 1.165) is 56.4 Å². The van der Waals surface area contributed by atoms with E-state index in [1.54, 1.807) is 0 Å². The minimum atomic E-state index is 0.823. The van der Waals surface area contributed by atoms with Crippen LogP contribution in [0.2, 0.25) is 0 Å². The summed E-state index contributed by atoms with van der Waals surface area (Å²) in [5, 5.41) is 4.97. The van der Waals surface area contributed by atoms with Gasteiger partial charge >= 0.3 is 0 Å². The molecule has 4 nitrogen and oxygen atoms in total. The number of hydrogen-bond donors (Lipinski definition) is 0. The molecule has 4 aromatic heterocycles. The SMILES string of the molecule is c1ccc(-c2c3c(c(-c4ccccc4)c4ccccc24)-c2ccc(-c4cc(-c5cccc(-c6ccccn6)n5)cc(-c5cccc(-c6ccccn6)n5)c4)c4cccc-3c24)cc1. The third-order valence-corrected chi connectivity index (χ3v) is 12.1. The van der Waals surface area contributed by atoms with Crippen molar-refractivity contribution in [2.75, 3.05) is 0 Å². The highest BCUT2D eigenvalue weighted by Gasteiger charge is 2.31. The molecule has 0 unspecified atom stereocenters. The summed E-state index contributed by atoms with van der Waals surface area (Å²) in [6.45, 7) is 0. The van der Waals surface area contributed by atoms with Gasteiger partial charge in [0.15, 0.2) is 0 Å². The average molecular weight is 789 g/mol. The summed E-state index contributed by atoms with van der Waals surface area (Å²) in [5.41, 5.74) is 19.3. The van der Waals surface area contributed by atoms with Crippen LogP contribution >= 0.6 is 0 Å². The highest BCUT2D eigenvalue weighted by atomic mass is 14.8. The second kappa shape index (κ2) is 14.7. The molecule has 0 atom stereocenters. The first kappa shape index (κ1) is 35.6. The van der Waals surface area contributed by atoms with Crippen LogP contribution in [0.25, 0.3) is 122 Å². The van der Waals surface area contributed by atoms with Crippen LogP contribution in [0.5, 0.6) is 0 Å². The summed E-state index contributed by atoms with van der Waals surface area (Å²) in [6.07, 6.45) is 3.62. The number of pyridine rings is 4. The van der Waals surface area contributed by atoms with Crippen molar-refractivity contribution >= 4 is 21.5 Å². The second-order valence-electron chi connectivity index (χ2n) is 15.7. The number of rotatable bonds is 7. The van der Waals surface area contributed by atoms with E-state index in [4.69, 9.17) is 9.97 Å². The molecule has 0 saturated carbocycles. The first-order valence-corrected chi connectivity index (χ1v) is 21.0. The minimum Gasteiger partial charge on any atom is -0.255 e. The minimum absolute atomic E-state index is 0.823. The molecule has 4 heteroatoms. The maximum Gasteiger partial charge on any atom is 0.0893 e. The van der Waals surface area contributed by atoms with Gasteiger partial charge in [-0.2, -0.15) is 0 Å². The van der Waals surface area contributed by atoms with Crippen LogP contribution in [0.1, 0.15) is 0 Å². The molecule has 0 amide bonds. The zero-order valence-corrected chi connectivity index (χ0v) is 33.6. The Bertz CT molecular complexity index is 3300. The maximum absolute atomic E-state index is 5.19. The van der Waals surface area contributed by atoms with E-state index in [9.17, 15) is 0 Å². The van der Waals surface area contributed by atoms with Gasteiger partial charge in [-0.3, -0.25) is 9.97 Å². The van der Waals surface area contributed by atoms with Crippen LogP contribution in [-0.2, 0) is 0 Å². The van der Waals surface area contributed by atoms with Gasteiger partial charge in [0.05, 0.1) is 34.2 Å². The third kappa shape index (κ3) is 5.92. The van der Waals surface area contributed by atoms with Crippen molar-refractivity contribution in [2.24, 2.45) is 0 Å². The van der Waals surface area contributed by atoms with E-state index < -0.39 is 0 Å². The summed E-state index contributed by atoms with van der Waals surface area (Å²) in [4.78, 5) is 19.6. The average Bonchev–Trinajstić information content (AvgIpc) is 3.69. The standard InChI is InChI=1S/C58H36N4/c1-3-16-37(17-4-1)54-44-20-7-8-21-45(44)55(38-18-5-2-6-19-38)58-47-31-30-42(43-22-13-23-46(56(43)47)57(54)58)39-34-40(48-26-14-28-52(61-48)50-24-9-11-32-59-50)36-41(35-39)49-27-15-29-53(62-49)51-25-10-12-33-60-51/h1-36H. The van der Waals surface area contributed by atoms with Gasteiger partial charge in [0.1, 0.15) is 0 Å². The Labute approximate surface area is 359 Å². The quantitative estimate of drug-likeness (QED) is 0.161. The van der Waals surface area contributed by atoms with E-state index >= 15 is 0 Å².